The second kappa shape index (κ2) is 15.9. The van der Waals surface area contributed by atoms with Crippen molar-refractivity contribution >= 4 is 28.4 Å². The van der Waals surface area contributed by atoms with Gasteiger partial charge in [0, 0.05) is 47.2 Å². The Morgan fingerprint density at radius 2 is 1.30 bits per heavy atom. The van der Waals surface area contributed by atoms with E-state index in [1.165, 1.54) is 11.1 Å². The number of nitrogens with zero attached hydrogens (tertiary/aromatic N) is 2. The van der Waals surface area contributed by atoms with Crippen LogP contribution >= 0.6 is 0 Å². The zero-order chi connectivity index (χ0) is 32.1. The molecule has 0 fully saturated rings. The average Bonchev–Trinajstić information content (AvgIpc) is 3.08. The fourth-order valence-electron chi connectivity index (χ4n) is 5.33. The highest BCUT2D eigenvalue weighted by Gasteiger charge is 2.16. The molecule has 0 radical (unpaired) electrons. The van der Waals surface area contributed by atoms with Gasteiger partial charge in [0.2, 0.25) is 0 Å². The first-order valence-corrected chi connectivity index (χ1v) is 15.6. The van der Waals surface area contributed by atoms with Crippen LogP contribution in [0.4, 0.5) is 28.4 Å². The number of hydrogen-bond donors (Lipinski definition) is 2. The molecule has 4 N–H and O–H groups in total. The Kier molecular flexibility index (Phi) is 10.9. The van der Waals surface area contributed by atoms with E-state index in [-0.39, 0.29) is 0 Å². The van der Waals surface area contributed by atoms with Crippen LogP contribution in [0.3, 0.4) is 0 Å². The van der Waals surface area contributed by atoms with Crippen LogP contribution in [0, 0.1) is 6.92 Å². The monoisotopic (exact) mass is 606 g/mol. The van der Waals surface area contributed by atoms with E-state index in [1.807, 2.05) is 54.6 Å². The topological polar surface area (TPSA) is 67.8 Å². The van der Waals surface area contributed by atoms with Gasteiger partial charge in [-0.05, 0) is 122 Å². The van der Waals surface area contributed by atoms with Crippen molar-refractivity contribution in [3.05, 3.63) is 175 Å². The van der Waals surface area contributed by atoms with E-state index < -0.39 is 0 Å². The molecule has 5 aromatic carbocycles. The number of nitrogen functional groups attached to an aromatic ring is 2. The number of para-hydroxylation sites is 2. The third kappa shape index (κ3) is 8.70. The summed E-state index contributed by atoms with van der Waals surface area (Å²) in [6.45, 7) is 7.67. The Labute approximate surface area is 273 Å². The number of hydrogen-bond acceptors (Lipinski definition) is 5. The van der Waals surface area contributed by atoms with Gasteiger partial charge in [0.15, 0.2) is 0 Å². The molecule has 0 spiro atoms. The number of allylic oxidation sites excluding steroid dienone is 4. The molecule has 5 nitrogen and oxygen atoms in total. The van der Waals surface area contributed by atoms with E-state index in [2.05, 4.69) is 120 Å². The number of nitrogens with two attached hydrogens (primary N) is 2. The van der Waals surface area contributed by atoms with Crippen LogP contribution in [0.2, 0.25) is 0 Å². The first kappa shape index (κ1) is 31.7. The number of ether oxygens (including phenoxy) is 1. The van der Waals surface area contributed by atoms with Gasteiger partial charge >= 0.3 is 0 Å². The summed E-state index contributed by atoms with van der Waals surface area (Å²) in [7, 11) is 0. The Balaban J connectivity index is 1.38. The lowest BCUT2D eigenvalue weighted by atomic mass is 10.1. The molecule has 5 rings (SSSR count). The zero-order valence-electron chi connectivity index (χ0n) is 26.4. The van der Waals surface area contributed by atoms with E-state index in [1.54, 1.807) is 0 Å². The molecule has 0 aliphatic carbocycles. The van der Waals surface area contributed by atoms with Gasteiger partial charge in [0.05, 0.1) is 0 Å². The maximum Gasteiger partial charge on any atom is 0.127 e. The molecule has 5 heteroatoms. The van der Waals surface area contributed by atoms with Crippen molar-refractivity contribution in [2.75, 3.05) is 34.4 Å². The van der Waals surface area contributed by atoms with Crippen LogP contribution < -0.4 is 26.0 Å². The van der Waals surface area contributed by atoms with Gasteiger partial charge in [-0.3, -0.25) is 0 Å². The molecular weight excluding hydrogens is 564 g/mol. The van der Waals surface area contributed by atoms with E-state index in [9.17, 15) is 0 Å². The van der Waals surface area contributed by atoms with Gasteiger partial charge in [0.1, 0.15) is 11.5 Å². The summed E-state index contributed by atoms with van der Waals surface area (Å²) in [6.07, 6.45) is 10.2. The molecule has 0 saturated carbocycles. The van der Waals surface area contributed by atoms with Crippen LogP contribution in [0.25, 0.3) is 0 Å². The summed E-state index contributed by atoms with van der Waals surface area (Å²) >= 11 is 0. The Morgan fingerprint density at radius 3 is 1.96 bits per heavy atom. The van der Waals surface area contributed by atoms with Gasteiger partial charge in [-0.1, -0.05) is 67.3 Å². The van der Waals surface area contributed by atoms with Gasteiger partial charge in [-0.2, -0.15) is 0 Å². The maximum absolute atomic E-state index is 6.08. The van der Waals surface area contributed by atoms with E-state index in [0.717, 1.165) is 65.9 Å². The van der Waals surface area contributed by atoms with Crippen LogP contribution in [0.5, 0.6) is 11.5 Å². The van der Waals surface area contributed by atoms with Crippen molar-refractivity contribution in [3.63, 3.8) is 0 Å². The fraction of sp³-hybridized carbons (Fsp3) is 0.122. The van der Waals surface area contributed by atoms with Gasteiger partial charge in [-0.25, -0.2) is 0 Å². The van der Waals surface area contributed by atoms with Crippen LogP contribution in [-0.4, -0.2) is 13.1 Å². The minimum atomic E-state index is 0.709. The number of anilines is 5. The van der Waals surface area contributed by atoms with Gasteiger partial charge < -0.3 is 26.0 Å². The summed E-state index contributed by atoms with van der Waals surface area (Å²) in [5.74, 6) is 1.52. The number of benzene rings is 5. The van der Waals surface area contributed by atoms with Crippen molar-refractivity contribution in [1.29, 1.82) is 0 Å². The van der Waals surface area contributed by atoms with E-state index in [0.29, 0.717) is 5.69 Å². The van der Waals surface area contributed by atoms with Gasteiger partial charge in [-0.15, -0.1) is 0 Å². The highest BCUT2D eigenvalue weighted by molar-refractivity contribution is 5.67. The lowest BCUT2D eigenvalue weighted by Gasteiger charge is -2.32. The largest absolute Gasteiger partial charge is 0.457 e. The smallest absolute Gasteiger partial charge is 0.127 e. The molecule has 0 aromatic heterocycles. The van der Waals surface area contributed by atoms with E-state index >= 15 is 0 Å². The third-order valence-electron chi connectivity index (χ3n) is 7.75. The Morgan fingerprint density at radius 1 is 0.696 bits per heavy atom. The first-order chi connectivity index (χ1) is 22.5. The maximum atomic E-state index is 6.08. The molecule has 0 heterocycles. The molecule has 0 aliphatic heterocycles. The van der Waals surface area contributed by atoms with Crippen molar-refractivity contribution in [2.24, 2.45) is 0 Å². The summed E-state index contributed by atoms with van der Waals surface area (Å²) < 4.78 is 6.08. The molecule has 0 saturated heterocycles. The normalized spacial score (nSPS) is 11.4. The van der Waals surface area contributed by atoms with E-state index in [4.69, 9.17) is 16.2 Å². The van der Waals surface area contributed by atoms with Gasteiger partial charge in [0.25, 0.3) is 0 Å². The molecule has 0 amide bonds. The SMILES string of the molecule is C=C/C=C(\C=C/CCc1ccc(N)cc1)N(CCN(c1ccc(Oc2ccc(N)cc2)cc1)c1ccccc1C)c1ccccc1. The molecule has 0 bridgehead atoms. The summed E-state index contributed by atoms with van der Waals surface area (Å²) in [5, 5.41) is 0. The molecule has 232 valence electrons. The number of rotatable bonds is 14. The predicted molar refractivity (Wildman–Crippen MR) is 196 cm³/mol. The Bertz CT molecular complexity index is 1740. The molecule has 46 heavy (non-hydrogen) atoms. The standard InChI is InChI=1S/C41H42N4O/c1-3-11-36(16-9-8-13-33-18-20-34(42)21-19-33)44(37-14-5-4-6-15-37)30-31-45(41-17-10-7-12-32(41)2)38-24-28-40(29-25-38)46-39-26-22-35(43)23-27-39/h3-7,9-12,14-29H,1,8,13,30-31,42-43H2,2H3/b16-9-,36-11+. The molecule has 0 unspecified atom stereocenters. The minimum absolute atomic E-state index is 0.709. The fourth-order valence-corrected chi connectivity index (χ4v) is 5.33. The second-order valence-corrected chi connectivity index (χ2v) is 11.1. The first-order valence-electron chi connectivity index (χ1n) is 15.6. The minimum Gasteiger partial charge on any atom is -0.457 e. The lowest BCUT2D eigenvalue weighted by molar-refractivity contribution is 0.483. The lowest BCUT2D eigenvalue weighted by Crippen LogP contribution is -2.32. The third-order valence-corrected chi connectivity index (χ3v) is 7.75. The highest BCUT2D eigenvalue weighted by Crippen LogP contribution is 2.32. The Hall–Kier alpha value is -5.68. The van der Waals surface area contributed by atoms with Crippen molar-refractivity contribution in [3.8, 4) is 11.5 Å². The highest BCUT2D eigenvalue weighted by atomic mass is 16.5. The molecular formula is C41H42N4O. The summed E-state index contributed by atoms with van der Waals surface area (Å²) in [5.41, 5.74) is 20.1. The zero-order valence-corrected chi connectivity index (χ0v) is 26.4. The second-order valence-electron chi connectivity index (χ2n) is 11.1. The van der Waals surface area contributed by atoms with Crippen LogP contribution in [-0.2, 0) is 6.42 Å². The quantitative estimate of drug-likeness (QED) is 0.0973. The average molecular weight is 607 g/mol. The van der Waals surface area contributed by atoms with Crippen molar-refractivity contribution in [2.45, 2.75) is 19.8 Å². The summed E-state index contributed by atoms with van der Waals surface area (Å²) in [4.78, 5) is 4.72. The van der Waals surface area contributed by atoms with Crippen LogP contribution in [0.15, 0.2) is 164 Å². The van der Waals surface area contributed by atoms with Crippen molar-refractivity contribution in [1.82, 2.24) is 0 Å². The number of aryl methyl sites for hydroxylation is 2. The summed E-state index contributed by atoms with van der Waals surface area (Å²) in [6, 6.07) is 42.8. The predicted octanol–water partition coefficient (Wildman–Crippen LogP) is 9.86. The molecule has 0 atom stereocenters. The molecule has 0 aliphatic rings. The molecule has 5 aromatic rings. The van der Waals surface area contributed by atoms with Crippen LogP contribution in [0.1, 0.15) is 17.5 Å². The van der Waals surface area contributed by atoms with Crippen molar-refractivity contribution < 1.29 is 4.74 Å².